The van der Waals surface area contributed by atoms with Crippen molar-refractivity contribution in [1.82, 2.24) is 5.32 Å². The van der Waals surface area contributed by atoms with Crippen molar-refractivity contribution in [2.45, 2.75) is 12.3 Å². The fourth-order valence-electron chi connectivity index (χ4n) is 2.21. The van der Waals surface area contributed by atoms with E-state index >= 15 is 0 Å². The van der Waals surface area contributed by atoms with Crippen LogP contribution in [0.25, 0.3) is 0 Å². The zero-order chi connectivity index (χ0) is 14.2. The standard InChI is InChI=1S/C18H17NO/c1-2-13-19-18(20)14-17(15-9-5-3-6-10-15)16-11-7-4-8-12-16/h1,3-12,17H,13-14H2,(H,19,20). The van der Waals surface area contributed by atoms with Gasteiger partial charge in [0.05, 0.1) is 6.54 Å². The number of carbonyl (C=O) groups is 1. The summed E-state index contributed by atoms with van der Waals surface area (Å²) in [6, 6.07) is 20.1. The van der Waals surface area contributed by atoms with E-state index in [2.05, 4.69) is 11.2 Å². The topological polar surface area (TPSA) is 29.1 Å². The molecule has 0 aliphatic rings. The van der Waals surface area contributed by atoms with Crippen LogP contribution in [0.3, 0.4) is 0 Å². The van der Waals surface area contributed by atoms with Gasteiger partial charge < -0.3 is 5.32 Å². The lowest BCUT2D eigenvalue weighted by Gasteiger charge is -2.17. The number of hydrogen-bond acceptors (Lipinski definition) is 1. The Bertz CT molecular complexity index is 544. The van der Waals surface area contributed by atoms with E-state index in [-0.39, 0.29) is 18.4 Å². The van der Waals surface area contributed by atoms with E-state index in [9.17, 15) is 4.79 Å². The molecule has 0 bridgehead atoms. The Morgan fingerprint density at radius 2 is 1.50 bits per heavy atom. The van der Waals surface area contributed by atoms with Gasteiger partial charge in [0.2, 0.25) is 5.91 Å². The maximum absolute atomic E-state index is 12.0. The molecule has 0 atom stereocenters. The van der Waals surface area contributed by atoms with E-state index in [4.69, 9.17) is 6.42 Å². The lowest BCUT2D eigenvalue weighted by atomic mass is 9.88. The molecule has 2 aromatic carbocycles. The van der Waals surface area contributed by atoms with Crippen molar-refractivity contribution < 1.29 is 4.79 Å². The van der Waals surface area contributed by atoms with Crippen molar-refractivity contribution in [3.8, 4) is 12.3 Å². The van der Waals surface area contributed by atoms with Gasteiger partial charge in [0.25, 0.3) is 0 Å². The third kappa shape index (κ3) is 3.73. The lowest BCUT2D eigenvalue weighted by Crippen LogP contribution is -2.25. The van der Waals surface area contributed by atoms with Crippen LogP contribution < -0.4 is 5.32 Å². The molecule has 2 nitrogen and oxygen atoms in total. The molecule has 0 aliphatic carbocycles. The van der Waals surface area contributed by atoms with E-state index in [1.807, 2.05) is 60.7 Å². The Morgan fingerprint density at radius 3 is 1.95 bits per heavy atom. The van der Waals surface area contributed by atoms with Gasteiger partial charge in [-0.05, 0) is 11.1 Å². The highest BCUT2D eigenvalue weighted by molar-refractivity contribution is 5.77. The molecule has 0 fully saturated rings. The van der Waals surface area contributed by atoms with Gasteiger partial charge in [0, 0.05) is 12.3 Å². The number of carbonyl (C=O) groups excluding carboxylic acids is 1. The molecular formula is C18H17NO. The largest absolute Gasteiger partial charge is 0.345 e. The molecule has 0 heterocycles. The molecule has 1 amide bonds. The van der Waals surface area contributed by atoms with E-state index in [0.717, 1.165) is 11.1 Å². The zero-order valence-electron chi connectivity index (χ0n) is 11.3. The Hall–Kier alpha value is -2.53. The van der Waals surface area contributed by atoms with Crippen LogP contribution in [0.15, 0.2) is 60.7 Å². The summed E-state index contributed by atoms with van der Waals surface area (Å²) in [5, 5.41) is 2.73. The number of terminal acetylenes is 1. The second kappa shape index (κ2) is 7.16. The van der Waals surface area contributed by atoms with Crippen LogP contribution in [0.1, 0.15) is 23.5 Å². The van der Waals surface area contributed by atoms with Crippen LogP contribution in [0, 0.1) is 12.3 Å². The van der Waals surface area contributed by atoms with Gasteiger partial charge >= 0.3 is 0 Å². The highest BCUT2D eigenvalue weighted by Gasteiger charge is 2.17. The highest BCUT2D eigenvalue weighted by Crippen LogP contribution is 2.27. The molecular weight excluding hydrogens is 246 g/mol. The maximum Gasteiger partial charge on any atom is 0.221 e. The third-order valence-electron chi connectivity index (χ3n) is 3.18. The average Bonchev–Trinajstić information content (AvgIpc) is 2.52. The molecule has 2 rings (SSSR count). The lowest BCUT2D eigenvalue weighted by molar-refractivity contribution is -0.121. The summed E-state index contributed by atoms with van der Waals surface area (Å²) in [4.78, 5) is 12.0. The predicted octanol–water partition coefficient (Wildman–Crippen LogP) is 2.96. The first-order valence-electron chi connectivity index (χ1n) is 6.61. The van der Waals surface area contributed by atoms with Crippen molar-refractivity contribution in [2.24, 2.45) is 0 Å². The molecule has 2 aromatic rings. The van der Waals surface area contributed by atoms with Crippen LogP contribution in [-0.4, -0.2) is 12.5 Å². The number of rotatable bonds is 5. The molecule has 2 heteroatoms. The molecule has 0 aromatic heterocycles. The first kappa shape index (κ1) is 13.9. The van der Waals surface area contributed by atoms with Gasteiger partial charge in [-0.15, -0.1) is 6.42 Å². The zero-order valence-corrected chi connectivity index (χ0v) is 11.3. The van der Waals surface area contributed by atoms with Gasteiger partial charge in [-0.25, -0.2) is 0 Å². The minimum Gasteiger partial charge on any atom is -0.345 e. The smallest absolute Gasteiger partial charge is 0.221 e. The first-order chi connectivity index (χ1) is 9.81. The molecule has 0 spiro atoms. The summed E-state index contributed by atoms with van der Waals surface area (Å²) in [5.74, 6) is 2.44. The van der Waals surface area contributed by atoms with Crippen LogP contribution in [0.5, 0.6) is 0 Å². The molecule has 0 aliphatic heterocycles. The number of amides is 1. The predicted molar refractivity (Wildman–Crippen MR) is 81.2 cm³/mol. The number of benzene rings is 2. The Morgan fingerprint density at radius 1 is 1.00 bits per heavy atom. The first-order valence-corrected chi connectivity index (χ1v) is 6.61. The normalized spacial score (nSPS) is 10.0. The highest BCUT2D eigenvalue weighted by atomic mass is 16.1. The van der Waals surface area contributed by atoms with E-state index in [0.29, 0.717) is 6.42 Å². The van der Waals surface area contributed by atoms with Crippen molar-refractivity contribution in [1.29, 1.82) is 0 Å². The summed E-state index contributed by atoms with van der Waals surface area (Å²) in [5.41, 5.74) is 2.27. The SMILES string of the molecule is C#CCNC(=O)CC(c1ccccc1)c1ccccc1. The van der Waals surface area contributed by atoms with Crippen LogP contribution >= 0.6 is 0 Å². The summed E-state index contributed by atoms with van der Waals surface area (Å²) >= 11 is 0. The van der Waals surface area contributed by atoms with Gasteiger partial charge in [0.15, 0.2) is 0 Å². The van der Waals surface area contributed by atoms with Crippen molar-refractivity contribution in [2.75, 3.05) is 6.54 Å². The molecule has 0 saturated heterocycles. The molecule has 1 N–H and O–H groups in total. The Balaban J connectivity index is 2.22. The van der Waals surface area contributed by atoms with Gasteiger partial charge in [-0.1, -0.05) is 66.6 Å². The summed E-state index contributed by atoms with van der Waals surface area (Å²) in [6.07, 6.45) is 5.56. The molecule has 0 saturated carbocycles. The monoisotopic (exact) mass is 263 g/mol. The number of nitrogens with one attached hydrogen (secondary N) is 1. The van der Waals surface area contributed by atoms with Crippen LogP contribution in [0.4, 0.5) is 0 Å². The van der Waals surface area contributed by atoms with Crippen molar-refractivity contribution in [3.63, 3.8) is 0 Å². The molecule has 20 heavy (non-hydrogen) atoms. The molecule has 100 valence electrons. The second-order valence-corrected chi connectivity index (χ2v) is 4.56. The fourth-order valence-corrected chi connectivity index (χ4v) is 2.21. The van der Waals surface area contributed by atoms with E-state index in [1.54, 1.807) is 0 Å². The summed E-state index contributed by atoms with van der Waals surface area (Å²) in [6.45, 7) is 0.273. The third-order valence-corrected chi connectivity index (χ3v) is 3.18. The quantitative estimate of drug-likeness (QED) is 0.826. The summed E-state index contributed by atoms with van der Waals surface area (Å²) in [7, 11) is 0. The van der Waals surface area contributed by atoms with Gasteiger partial charge in [0.1, 0.15) is 0 Å². The second-order valence-electron chi connectivity index (χ2n) is 4.56. The summed E-state index contributed by atoms with van der Waals surface area (Å²) < 4.78 is 0. The van der Waals surface area contributed by atoms with Crippen LogP contribution in [0.2, 0.25) is 0 Å². The minimum absolute atomic E-state index is 0.0272. The molecule has 0 unspecified atom stereocenters. The molecule has 0 radical (unpaired) electrons. The van der Waals surface area contributed by atoms with Gasteiger partial charge in [-0.2, -0.15) is 0 Å². The van der Waals surface area contributed by atoms with Crippen molar-refractivity contribution in [3.05, 3.63) is 71.8 Å². The maximum atomic E-state index is 12.0. The Kier molecular flexibility index (Phi) is 4.97. The Labute approximate surface area is 119 Å². The van der Waals surface area contributed by atoms with Crippen molar-refractivity contribution >= 4 is 5.91 Å². The average molecular weight is 263 g/mol. The van der Waals surface area contributed by atoms with Crippen LogP contribution in [-0.2, 0) is 4.79 Å². The number of hydrogen-bond donors (Lipinski definition) is 1. The van der Waals surface area contributed by atoms with Gasteiger partial charge in [-0.3, -0.25) is 4.79 Å². The minimum atomic E-state index is -0.0272. The van der Waals surface area contributed by atoms with E-state index in [1.165, 1.54) is 0 Å². The van der Waals surface area contributed by atoms with E-state index < -0.39 is 0 Å². The fraction of sp³-hybridized carbons (Fsp3) is 0.167.